The number of imide groups is 1. The highest BCUT2D eigenvalue weighted by molar-refractivity contribution is 6.07. The fourth-order valence-corrected chi connectivity index (χ4v) is 3.06. The highest BCUT2D eigenvalue weighted by Crippen LogP contribution is 2.30. The van der Waals surface area contributed by atoms with E-state index >= 15 is 0 Å². The van der Waals surface area contributed by atoms with E-state index < -0.39 is 29.1 Å². The summed E-state index contributed by atoms with van der Waals surface area (Å²) < 4.78 is 28.3. The Kier molecular flexibility index (Phi) is 4.10. The second-order valence-electron chi connectivity index (χ2n) is 6.42. The van der Waals surface area contributed by atoms with Crippen molar-refractivity contribution in [2.75, 3.05) is 0 Å². The van der Waals surface area contributed by atoms with Crippen LogP contribution in [0.3, 0.4) is 0 Å². The Balaban J connectivity index is 1.64. The molecule has 1 N–H and O–H groups in total. The molecule has 1 unspecified atom stereocenters. The van der Waals surface area contributed by atoms with E-state index in [1.165, 1.54) is 17.7 Å². The molecule has 28 heavy (non-hydrogen) atoms. The van der Waals surface area contributed by atoms with Gasteiger partial charge in [-0.05, 0) is 47.2 Å². The van der Waals surface area contributed by atoms with Crippen LogP contribution in [-0.4, -0.2) is 37.0 Å². The molecule has 0 saturated carbocycles. The smallest absolute Gasteiger partial charge is 0.319 e. The average molecular weight is 384 g/mol. The topological polar surface area (TPSA) is 93.0 Å². The quantitative estimate of drug-likeness (QED) is 0.694. The van der Waals surface area contributed by atoms with Crippen molar-refractivity contribution >= 4 is 11.9 Å². The van der Waals surface area contributed by atoms with Gasteiger partial charge in [0.2, 0.25) is 0 Å². The van der Waals surface area contributed by atoms with Crippen LogP contribution in [0, 0.1) is 11.6 Å². The molecule has 142 valence electrons. The molecule has 0 spiro atoms. The van der Waals surface area contributed by atoms with Crippen molar-refractivity contribution in [3.05, 3.63) is 71.6 Å². The van der Waals surface area contributed by atoms with Gasteiger partial charge >= 0.3 is 6.03 Å². The standard InChI is InChI=1S/C18H14F2N6O2/c1-18(11-7-8-13(19)14(20)9-11)16(27)25(17(28)21-18)10-15-22-23-24-26(15)12-5-3-2-4-6-12/h2-9H,10H2,1H3,(H,21,28). The zero-order chi connectivity index (χ0) is 19.9. The minimum atomic E-state index is -1.53. The molecule has 1 aliphatic heterocycles. The molecule has 3 amide bonds. The summed E-state index contributed by atoms with van der Waals surface area (Å²) in [4.78, 5) is 26.3. The number of nitrogens with zero attached hydrogens (tertiary/aromatic N) is 5. The summed E-state index contributed by atoms with van der Waals surface area (Å²) >= 11 is 0. The zero-order valence-corrected chi connectivity index (χ0v) is 14.6. The lowest BCUT2D eigenvalue weighted by molar-refractivity contribution is -0.131. The molecule has 0 aliphatic carbocycles. The third-order valence-corrected chi connectivity index (χ3v) is 4.61. The third kappa shape index (κ3) is 2.79. The average Bonchev–Trinajstić information content (AvgIpc) is 3.24. The maximum Gasteiger partial charge on any atom is 0.325 e. The number of benzene rings is 2. The lowest BCUT2D eigenvalue weighted by Crippen LogP contribution is -2.41. The van der Waals surface area contributed by atoms with Gasteiger partial charge in [-0.15, -0.1) is 5.10 Å². The Labute approximate surface area is 157 Å². The fourth-order valence-electron chi connectivity index (χ4n) is 3.06. The minimum absolute atomic E-state index is 0.134. The first-order valence-electron chi connectivity index (χ1n) is 8.32. The van der Waals surface area contributed by atoms with Crippen LogP contribution in [0.1, 0.15) is 18.3 Å². The van der Waals surface area contributed by atoms with Crippen molar-refractivity contribution in [3.8, 4) is 5.69 Å². The predicted octanol–water partition coefficient (Wildman–Crippen LogP) is 1.91. The van der Waals surface area contributed by atoms with Crippen LogP contribution in [0.5, 0.6) is 0 Å². The normalized spacial score (nSPS) is 19.2. The number of hydrogen-bond donors (Lipinski definition) is 1. The highest BCUT2D eigenvalue weighted by Gasteiger charge is 2.49. The number of para-hydroxylation sites is 1. The first-order chi connectivity index (χ1) is 13.4. The molecule has 1 fully saturated rings. The summed E-state index contributed by atoms with van der Waals surface area (Å²) in [5, 5.41) is 13.9. The van der Waals surface area contributed by atoms with Crippen molar-refractivity contribution in [2.45, 2.75) is 19.0 Å². The van der Waals surface area contributed by atoms with Gasteiger partial charge in [-0.3, -0.25) is 9.69 Å². The van der Waals surface area contributed by atoms with Crippen molar-refractivity contribution in [1.82, 2.24) is 30.4 Å². The van der Waals surface area contributed by atoms with Gasteiger partial charge in [0.05, 0.1) is 12.2 Å². The van der Waals surface area contributed by atoms with Gasteiger partial charge < -0.3 is 5.32 Å². The second kappa shape index (κ2) is 6.48. The molecule has 1 aliphatic rings. The van der Waals surface area contributed by atoms with Crippen molar-refractivity contribution in [2.24, 2.45) is 0 Å². The van der Waals surface area contributed by atoms with E-state index in [1.54, 1.807) is 24.3 Å². The largest absolute Gasteiger partial charge is 0.325 e. The molecule has 2 heterocycles. The number of hydrogen-bond acceptors (Lipinski definition) is 5. The summed E-state index contributed by atoms with van der Waals surface area (Å²) in [5.41, 5.74) is -0.732. The van der Waals surface area contributed by atoms with Gasteiger partial charge in [-0.2, -0.15) is 4.68 Å². The molecule has 0 bridgehead atoms. The van der Waals surface area contributed by atoms with Crippen molar-refractivity contribution in [1.29, 1.82) is 0 Å². The molecule has 1 atom stereocenters. The Morgan fingerprint density at radius 1 is 1.07 bits per heavy atom. The number of urea groups is 1. The van der Waals surface area contributed by atoms with Crippen LogP contribution in [0.2, 0.25) is 0 Å². The van der Waals surface area contributed by atoms with Crippen molar-refractivity contribution in [3.63, 3.8) is 0 Å². The summed E-state index contributed by atoms with van der Waals surface area (Å²) in [6.45, 7) is 1.24. The van der Waals surface area contributed by atoms with Crippen LogP contribution >= 0.6 is 0 Å². The number of carbonyl (C=O) groups is 2. The van der Waals surface area contributed by atoms with Gasteiger partial charge in [0.25, 0.3) is 5.91 Å². The Hall–Kier alpha value is -3.69. The highest BCUT2D eigenvalue weighted by atomic mass is 19.2. The number of nitrogens with one attached hydrogen (secondary N) is 1. The number of amides is 3. The summed E-state index contributed by atoms with van der Waals surface area (Å²) in [5.74, 6) is -2.49. The molecular formula is C18H14F2N6O2. The maximum absolute atomic E-state index is 13.6. The maximum atomic E-state index is 13.6. The lowest BCUT2D eigenvalue weighted by Gasteiger charge is -2.22. The summed E-state index contributed by atoms with van der Waals surface area (Å²) in [7, 11) is 0. The molecule has 4 rings (SSSR count). The van der Waals surface area contributed by atoms with E-state index in [0.717, 1.165) is 17.0 Å². The molecule has 0 radical (unpaired) electrons. The van der Waals surface area contributed by atoms with Crippen LogP contribution in [0.25, 0.3) is 5.69 Å². The summed E-state index contributed by atoms with van der Waals surface area (Å²) in [6.07, 6.45) is 0. The van der Waals surface area contributed by atoms with Crippen LogP contribution < -0.4 is 5.32 Å². The first-order valence-corrected chi connectivity index (χ1v) is 8.32. The molecule has 8 nitrogen and oxygen atoms in total. The third-order valence-electron chi connectivity index (χ3n) is 4.61. The summed E-state index contributed by atoms with van der Waals surface area (Å²) in [6, 6.07) is 11.4. The van der Waals surface area contributed by atoms with E-state index in [0.29, 0.717) is 5.69 Å². The van der Waals surface area contributed by atoms with Gasteiger partial charge in [0.15, 0.2) is 17.5 Å². The first kappa shape index (κ1) is 17.7. The molecule has 2 aromatic carbocycles. The number of carbonyl (C=O) groups excluding carboxylic acids is 2. The lowest BCUT2D eigenvalue weighted by atomic mass is 9.92. The number of halogens is 2. The zero-order valence-electron chi connectivity index (χ0n) is 14.6. The van der Waals surface area contributed by atoms with E-state index in [-0.39, 0.29) is 17.9 Å². The van der Waals surface area contributed by atoms with Crippen LogP contribution in [0.4, 0.5) is 13.6 Å². The van der Waals surface area contributed by atoms with E-state index in [4.69, 9.17) is 0 Å². The van der Waals surface area contributed by atoms with E-state index in [9.17, 15) is 18.4 Å². The SMILES string of the molecule is CC1(c2ccc(F)c(F)c2)NC(=O)N(Cc2nnnn2-c2ccccc2)C1=O. The molecule has 1 saturated heterocycles. The van der Waals surface area contributed by atoms with E-state index in [1.807, 2.05) is 6.07 Å². The number of aromatic nitrogens is 4. The van der Waals surface area contributed by atoms with Gasteiger partial charge in [-0.1, -0.05) is 24.3 Å². The Bertz CT molecular complexity index is 1070. The monoisotopic (exact) mass is 384 g/mol. The molecule has 3 aromatic rings. The fraction of sp³-hybridized carbons (Fsp3) is 0.167. The molecule has 1 aromatic heterocycles. The molecule has 10 heteroatoms. The van der Waals surface area contributed by atoms with Gasteiger partial charge in [0, 0.05) is 0 Å². The van der Waals surface area contributed by atoms with Crippen LogP contribution in [0.15, 0.2) is 48.5 Å². The van der Waals surface area contributed by atoms with Crippen LogP contribution in [-0.2, 0) is 16.9 Å². The second-order valence-corrected chi connectivity index (χ2v) is 6.42. The Morgan fingerprint density at radius 2 is 1.82 bits per heavy atom. The van der Waals surface area contributed by atoms with Crippen molar-refractivity contribution < 1.29 is 18.4 Å². The molecular weight excluding hydrogens is 370 g/mol. The van der Waals surface area contributed by atoms with E-state index in [2.05, 4.69) is 20.8 Å². The minimum Gasteiger partial charge on any atom is -0.319 e. The Morgan fingerprint density at radius 3 is 2.54 bits per heavy atom. The van der Waals surface area contributed by atoms with Gasteiger partial charge in [-0.25, -0.2) is 13.6 Å². The number of rotatable bonds is 4. The predicted molar refractivity (Wildman–Crippen MR) is 91.9 cm³/mol. The number of tetrazole rings is 1. The van der Waals surface area contributed by atoms with Gasteiger partial charge in [0.1, 0.15) is 5.54 Å².